The van der Waals surface area contributed by atoms with Crippen molar-refractivity contribution in [3.05, 3.63) is 59.7 Å². The van der Waals surface area contributed by atoms with Gasteiger partial charge in [0.2, 0.25) is 5.91 Å². The number of amides is 1. The number of carbonyl (C=O) groups is 1. The molecule has 0 bridgehead atoms. The van der Waals surface area contributed by atoms with Crippen LogP contribution in [0.15, 0.2) is 48.5 Å². The summed E-state index contributed by atoms with van der Waals surface area (Å²) in [7, 11) is 1.62. The van der Waals surface area contributed by atoms with Crippen molar-refractivity contribution in [2.75, 3.05) is 25.6 Å². The molecule has 0 saturated carbocycles. The first kappa shape index (κ1) is 20.0. The molecule has 0 spiro atoms. The number of benzene rings is 2. The number of aryl methyl sites for hydroxylation is 1. The third-order valence-electron chi connectivity index (χ3n) is 3.38. The highest BCUT2D eigenvalue weighted by molar-refractivity contribution is 5.95. The molecule has 3 N–H and O–H groups in total. The molecule has 1 amide bonds. The summed E-state index contributed by atoms with van der Waals surface area (Å²) in [4.78, 5) is 12.3. The maximum Gasteiger partial charge on any atom is 0.245 e. The van der Waals surface area contributed by atoms with Gasteiger partial charge in [-0.3, -0.25) is 4.79 Å². The van der Waals surface area contributed by atoms with Gasteiger partial charge in [-0.25, -0.2) is 0 Å². The van der Waals surface area contributed by atoms with Gasteiger partial charge in [0.15, 0.2) is 0 Å². The molecule has 5 nitrogen and oxygen atoms in total. The molecule has 0 aliphatic carbocycles. The number of hydrogen-bond donors (Lipinski definition) is 2. The summed E-state index contributed by atoms with van der Waals surface area (Å²) in [6.45, 7) is 2.95. The average Bonchev–Trinajstić information content (AvgIpc) is 2.55. The van der Waals surface area contributed by atoms with Crippen molar-refractivity contribution >= 4 is 24.0 Å². The minimum absolute atomic E-state index is 0. The second-order valence-corrected chi connectivity index (χ2v) is 5.25. The predicted octanol–water partition coefficient (Wildman–Crippen LogP) is 3.08. The van der Waals surface area contributed by atoms with Gasteiger partial charge in [-0.2, -0.15) is 0 Å². The topological polar surface area (TPSA) is 73.6 Å². The van der Waals surface area contributed by atoms with E-state index in [0.29, 0.717) is 24.7 Å². The number of halogens is 1. The summed E-state index contributed by atoms with van der Waals surface area (Å²) in [6.07, 6.45) is 0. The molecule has 0 aromatic heterocycles. The van der Waals surface area contributed by atoms with Gasteiger partial charge in [0.05, 0.1) is 6.61 Å². The maximum atomic E-state index is 12.3. The number of nitrogens with two attached hydrogens (primary N) is 1. The van der Waals surface area contributed by atoms with Gasteiger partial charge in [-0.15, -0.1) is 12.4 Å². The molecule has 6 heteroatoms. The monoisotopic (exact) mass is 350 g/mol. The molecule has 0 radical (unpaired) electrons. The fraction of sp³-hybridized carbons (Fsp3) is 0.278. The first-order chi connectivity index (χ1) is 11.1. The quantitative estimate of drug-likeness (QED) is 0.752. The smallest absolute Gasteiger partial charge is 0.245 e. The zero-order valence-electron chi connectivity index (χ0n) is 13.8. The van der Waals surface area contributed by atoms with Crippen LogP contribution in [0, 0.1) is 6.92 Å². The van der Waals surface area contributed by atoms with Gasteiger partial charge >= 0.3 is 0 Å². The van der Waals surface area contributed by atoms with Gasteiger partial charge in [-0.05, 0) is 24.6 Å². The third kappa shape index (κ3) is 5.85. The molecule has 1 unspecified atom stereocenters. The summed E-state index contributed by atoms with van der Waals surface area (Å²) < 4.78 is 10.5. The van der Waals surface area contributed by atoms with Crippen LogP contribution >= 0.6 is 12.4 Å². The molecule has 0 heterocycles. The Morgan fingerprint density at radius 2 is 1.88 bits per heavy atom. The molecule has 0 saturated heterocycles. The van der Waals surface area contributed by atoms with Crippen LogP contribution in [-0.2, 0) is 9.53 Å². The molecule has 1 atom stereocenters. The minimum Gasteiger partial charge on any atom is -0.491 e. The van der Waals surface area contributed by atoms with Crippen LogP contribution in [0.5, 0.6) is 5.75 Å². The lowest BCUT2D eigenvalue weighted by Crippen LogP contribution is -2.27. The van der Waals surface area contributed by atoms with Crippen LogP contribution < -0.4 is 15.8 Å². The van der Waals surface area contributed by atoms with Crippen molar-refractivity contribution in [2.45, 2.75) is 13.0 Å². The predicted molar refractivity (Wildman–Crippen MR) is 97.8 cm³/mol. The van der Waals surface area contributed by atoms with Gasteiger partial charge < -0.3 is 20.5 Å². The van der Waals surface area contributed by atoms with Crippen molar-refractivity contribution < 1.29 is 14.3 Å². The summed E-state index contributed by atoms with van der Waals surface area (Å²) >= 11 is 0. The highest BCUT2D eigenvalue weighted by Gasteiger charge is 2.15. The highest BCUT2D eigenvalue weighted by Crippen LogP contribution is 2.19. The van der Waals surface area contributed by atoms with Gasteiger partial charge in [0.25, 0.3) is 0 Å². The van der Waals surface area contributed by atoms with Crippen LogP contribution in [0.2, 0.25) is 0 Å². The number of hydrogen-bond acceptors (Lipinski definition) is 4. The number of nitrogens with one attached hydrogen (secondary N) is 1. The van der Waals surface area contributed by atoms with Crippen LogP contribution in [0.4, 0.5) is 5.69 Å². The fourth-order valence-corrected chi connectivity index (χ4v) is 2.05. The standard InChI is InChI=1S/C18H22N2O3.ClH/c1-13-6-8-14(9-7-13)17(19)18(21)20-15-4-3-5-16(12-15)23-11-10-22-2;/h3-9,12,17H,10-11,19H2,1-2H3,(H,20,21);1H. The molecule has 2 rings (SSSR count). The molecule has 2 aromatic carbocycles. The van der Waals surface area contributed by atoms with Crippen molar-refractivity contribution in [1.29, 1.82) is 0 Å². The van der Waals surface area contributed by atoms with E-state index in [-0.39, 0.29) is 18.3 Å². The second kappa shape index (κ2) is 9.93. The summed E-state index contributed by atoms with van der Waals surface area (Å²) in [6, 6.07) is 14.1. The number of rotatable bonds is 7. The number of ether oxygens (including phenoxy) is 2. The molecule has 2 aromatic rings. The second-order valence-electron chi connectivity index (χ2n) is 5.25. The van der Waals surface area contributed by atoms with Gasteiger partial charge in [0, 0.05) is 18.9 Å². The Hall–Kier alpha value is -2.08. The van der Waals surface area contributed by atoms with E-state index in [9.17, 15) is 4.79 Å². The van der Waals surface area contributed by atoms with Gasteiger partial charge in [-0.1, -0.05) is 35.9 Å². The van der Waals surface area contributed by atoms with E-state index in [2.05, 4.69) is 5.32 Å². The van der Waals surface area contributed by atoms with Crippen molar-refractivity contribution in [3.8, 4) is 5.75 Å². The molecule has 0 aliphatic rings. The van der Waals surface area contributed by atoms with Crippen molar-refractivity contribution in [1.82, 2.24) is 0 Å². The van der Waals surface area contributed by atoms with Crippen molar-refractivity contribution in [2.24, 2.45) is 5.73 Å². The van der Waals surface area contributed by atoms with Crippen LogP contribution in [-0.4, -0.2) is 26.2 Å². The summed E-state index contributed by atoms with van der Waals surface area (Å²) in [5.41, 5.74) is 8.56. The van der Waals surface area contributed by atoms with Crippen LogP contribution in [0.1, 0.15) is 17.2 Å². The summed E-state index contributed by atoms with van der Waals surface area (Å²) in [5, 5.41) is 2.81. The van der Waals surface area contributed by atoms with E-state index in [1.54, 1.807) is 19.2 Å². The molecular formula is C18H23ClN2O3. The van der Waals surface area contributed by atoms with Crippen LogP contribution in [0.3, 0.4) is 0 Å². The number of methoxy groups -OCH3 is 1. The molecule has 0 fully saturated rings. The highest BCUT2D eigenvalue weighted by atomic mass is 35.5. The Morgan fingerprint density at radius 3 is 2.54 bits per heavy atom. The lowest BCUT2D eigenvalue weighted by molar-refractivity contribution is -0.117. The Morgan fingerprint density at radius 1 is 1.17 bits per heavy atom. The van der Waals surface area contributed by atoms with E-state index in [4.69, 9.17) is 15.2 Å². The Balaban J connectivity index is 0.00000288. The zero-order chi connectivity index (χ0) is 16.7. The third-order valence-corrected chi connectivity index (χ3v) is 3.38. The lowest BCUT2D eigenvalue weighted by Gasteiger charge is -2.14. The fourth-order valence-electron chi connectivity index (χ4n) is 2.05. The average molecular weight is 351 g/mol. The molecule has 24 heavy (non-hydrogen) atoms. The Kier molecular flexibility index (Phi) is 8.26. The van der Waals surface area contributed by atoms with E-state index in [1.165, 1.54) is 0 Å². The largest absolute Gasteiger partial charge is 0.491 e. The molecule has 0 aliphatic heterocycles. The molecule has 130 valence electrons. The van der Waals surface area contributed by atoms with E-state index in [1.807, 2.05) is 43.3 Å². The Labute approximate surface area is 148 Å². The van der Waals surface area contributed by atoms with E-state index < -0.39 is 6.04 Å². The lowest BCUT2D eigenvalue weighted by atomic mass is 10.1. The summed E-state index contributed by atoms with van der Waals surface area (Å²) in [5.74, 6) is 0.409. The van der Waals surface area contributed by atoms with Crippen molar-refractivity contribution in [3.63, 3.8) is 0 Å². The van der Waals surface area contributed by atoms with E-state index >= 15 is 0 Å². The molecular weight excluding hydrogens is 328 g/mol. The minimum atomic E-state index is -0.714. The Bertz CT molecular complexity index is 647. The number of carbonyl (C=O) groups excluding carboxylic acids is 1. The zero-order valence-corrected chi connectivity index (χ0v) is 14.6. The normalized spacial score (nSPS) is 11.3. The van der Waals surface area contributed by atoms with Gasteiger partial charge in [0.1, 0.15) is 18.4 Å². The first-order valence-electron chi connectivity index (χ1n) is 7.45. The SMILES string of the molecule is COCCOc1cccc(NC(=O)C(N)c2ccc(C)cc2)c1.Cl. The van der Waals surface area contributed by atoms with Crippen LogP contribution in [0.25, 0.3) is 0 Å². The maximum absolute atomic E-state index is 12.3. The first-order valence-corrected chi connectivity index (χ1v) is 7.45. The number of anilines is 1. The van der Waals surface area contributed by atoms with E-state index in [0.717, 1.165) is 11.1 Å².